The van der Waals surface area contributed by atoms with E-state index in [1.54, 1.807) is 0 Å². The number of anilines is 1. The number of aliphatic hydroxyl groups excluding tert-OH is 3. The number of hydrogen-bond acceptors (Lipinski definition) is 8. The molecule has 10 heteroatoms. The van der Waals surface area contributed by atoms with E-state index in [0.29, 0.717) is 0 Å². The lowest BCUT2D eigenvalue weighted by Crippen LogP contribution is -2.33. The molecule has 2 aromatic rings. The number of rotatable bonds is 2. The Labute approximate surface area is 111 Å². The fraction of sp³-hybridized carbons (Fsp3) is 0.500. The molecule has 1 saturated heterocycles. The van der Waals surface area contributed by atoms with Crippen molar-refractivity contribution in [3.8, 4) is 0 Å². The van der Waals surface area contributed by atoms with Gasteiger partial charge in [-0.1, -0.05) is 0 Å². The number of imidazole rings is 1. The number of aromatic amines is 1. The third kappa shape index (κ3) is 1.78. The second-order valence-electron chi connectivity index (χ2n) is 4.50. The van der Waals surface area contributed by atoms with Gasteiger partial charge in [0.15, 0.2) is 17.4 Å². The van der Waals surface area contributed by atoms with Crippen molar-refractivity contribution in [1.82, 2.24) is 19.5 Å². The number of nitrogen functional groups attached to an aromatic ring is 1. The van der Waals surface area contributed by atoms with E-state index < -0.39 is 36.7 Å². The summed E-state index contributed by atoms with van der Waals surface area (Å²) in [5.41, 5.74) is 5.12. The van der Waals surface area contributed by atoms with Gasteiger partial charge in [-0.25, -0.2) is 4.98 Å². The normalized spacial score (nSPS) is 30.1. The Balaban J connectivity index is 2.09. The number of hydrogen-bond donors (Lipinski definition) is 5. The summed E-state index contributed by atoms with van der Waals surface area (Å²) in [7, 11) is 0. The summed E-state index contributed by atoms with van der Waals surface area (Å²) in [6.45, 7) is -0.447. The van der Waals surface area contributed by atoms with E-state index in [0.717, 1.165) is 0 Å². The average Bonchev–Trinajstić information content (AvgIpc) is 2.93. The molecule has 0 aromatic carbocycles. The molecule has 1 aliphatic heterocycles. The van der Waals surface area contributed by atoms with Crippen LogP contribution in [0.15, 0.2) is 11.1 Å². The van der Waals surface area contributed by atoms with Crippen molar-refractivity contribution >= 4 is 17.1 Å². The second-order valence-corrected chi connectivity index (χ2v) is 4.50. The van der Waals surface area contributed by atoms with E-state index >= 15 is 0 Å². The molecule has 20 heavy (non-hydrogen) atoms. The standard InChI is InChI=1S/C10H13N5O5/c11-10-13-7-4(8(19)14-10)12-2-15(7)9-6(18)5(17)3(1-16)20-9/h2-3,5-6,9,16-18H,1H2,(H3,11,13,14,19)/t3-,5-,6-,9-/m1/s1/i1+1,2+1,3+1,4+1,5+1,6+1,7+1,8+1,9+1,10+1,11+1,12+1,13+1,14+1,15+1. The van der Waals surface area contributed by atoms with Crippen molar-refractivity contribution in [1.29, 1.82) is 0 Å². The Morgan fingerprint density at radius 3 is 2.85 bits per heavy atom. The molecule has 1 fully saturated rings. The van der Waals surface area contributed by atoms with E-state index in [1.807, 2.05) is 0 Å². The monoisotopic (exact) mass is 298 g/mol. The lowest BCUT2D eigenvalue weighted by molar-refractivity contribution is -0.0511. The van der Waals surface area contributed by atoms with E-state index in [4.69, 9.17) is 15.6 Å². The van der Waals surface area contributed by atoms with Crippen molar-refractivity contribution in [3.63, 3.8) is 0 Å². The molecule has 3 rings (SSSR count). The highest BCUT2D eigenvalue weighted by Crippen LogP contribution is 2.30. The highest BCUT2D eigenvalue weighted by atomic mass is 16.8. The van der Waals surface area contributed by atoms with Gasteiger partial charge in [0.2, 0.25) is 5.95 Å². The molecule has 0 unspecified atom stereocenters. The summed E-state index contributed by atoms with van der Waals surface area (Å²) < 4.78 is 6.64. The number of H-pyrrole nitrogens is 1. The van der Waals surface area contributed by atoms with E-state index in [1.165, 1.54) is 10.9 Å². The zero-order valence-electron chi connectivity index (χ0n) is 10.2. The maximum absolute atomic E-state index is 11.7. The number of nitrogens with two attached hydrogens (primary N) is 1. The molecule has 6 N–H and O–H groups in total. The van der Waals surface area contributed by atoms with Crippen molar-refractivity contribution in [2.45, 2.75) is 24.5 Å². The van der Waals surface area contributed by atoms with Gasteiger partial charge in [-0.05, 0) is 0 Å². The van der Waals surface area contributed by atoms with Crippen LogP contribution in [-0.2, 0) is 4.74 Å². The second kappa shape index (κ2) is 4.52. The number of nitrogens with zero attached hydrogens (tertiary/aromatic N) is 3. The van der Waals surface area contributed by atoms with Gasteiger partial charge < -0.3 is 25.8 Å². The Morgan fingerprint density at radius 2 is 2.20 bits per heavy atom. The minimum absolute atomic E-state index is 0.0388. The fourth-order valence-electron chi connectivity index (χ4n) is 2.24. The van der Waals surface area contributed by atoms with Crippen LogP contribution < -0.4 is 11.3 Å². The zero-order chi connectivity index (χ0) is 14.4. The fourth-order valence-corrected chi connectivity index (χ4v) is 2.24. The van der Waals surface area contributed by atoms with Crippen molar-refractivity contribution in [2.24, 2.45) is 0 Å². The molecule has 2 aromatic heterocycles. The summed E-state index contributed by atoms with van der Waals surface area (Å²) in [5, 5.41) is 28.7. The molecular weight excluding hydrogens is 285 g/mol. The molecular formula is C10H13N5O5. The zero-order valence-corrected chi connectivity index (χ0v) is 10.2. The molecule has 0 bridgehead atoms. The predicted molar refractivity (Wildman–Crippen MR) is 65.6 cm³/mol. The molecule has 108 valence electrons. The highest BCUT2D eigenvalue weighted by Gasteiger charge is 2.44. The van der Waals surface area contributed by atoms with Crippen LogP contribution in [0, 0.1) is 0 Å². The third-order valence-electron chi connectivity index (χ3n) is 3.24. The Morgan fingerprint density at radius 1 is 1.45 bits per heavy atom. The van der Waals surface area contributed by atoms with Crippen LogP contribution in [-0.4, -0.2) is 59.8 Å². The maximum Gasteiger partial charge on any atom is 0.280 e. The first kappa shape index (κ1) is 13.0. The molecule has 1 aliphatic rings. The molecule has 10 nitrogen and oxygen atoms in total. The minimum atomic E-state index is -1.29. The number of aromatic nitrogens is 4. The van der Waals surface area contributed by atoms with E-state index in [9.17, 15) is 15.0 Å². The molecule has 0 aliphatic carbocycles. The lowest BCUT2D eigenvalue weighted by atomic mass is 11.1. The Bertz CT molecular complexity index is 697. The SMILES string of the molecule is [15NH2][13c]1[15n][13c]2[13c]([15n][13cH][15n]2[13C@@H]2O[13C@H]([13CH2]O)[13C@@H](O)[13C@H]2O)[13c](=O)[15nH]1. The first-order valence-corrected chi connectivity index (χ1v) is 5.87. The van der Waals surface area contributed by atoms with Gasteiger partial charge in [-0.3, -0.25) is 14.3 Å². The topological polar surface area (TPSA) is 160 Å². The van der Waals surface area contributed by atoms with Gasteiger partial charge in [-0.2, -0.15) is 4.98 Å². The van der Waals surface area contributed by atoms with Crippen LogP contribution in [0.5, 0.6) is 0 Å². The van der Waals surface area contributed by atoms with Crippen molar-refractivity contribution < 1.29 is 20.1 Å². The number of aliphatic hydroxyl groups is 3. The number of fused-ring (bicyclic) bond motifs is 1. The average molecular weight is 298 g/mol. The van der Waals surface area contributed by atoms with E-state index in [2.05, 4.69) is 15.0 Å². The third-order valence-corrected chi connectivity index (χ3v) is 3.24. The molecule has 3 heterocycles. The molecule has 4 atom stereocenters. The van der Waals surface area contributed by atoms with Crippen LogP contribution in [0.2, 0.25) is 0 Å². The largest absolute Gasteiger partial charge is 0.394 e. The van der Waals surface area contributed by atoms with Gasteiger partial charge in [0, 0.05) is 0 Å². The van der Waals surface area contributed by atoms with Gasteiger partial charge in [0.25, 0.3) is 5.56 Å². The predicted octanol–water partition coefficient (Wildman–Crippen LogP) is -2.69. The lowest BCUT2D eigenvalue weighted by Gasteiger charge is -2.16. The Kier molecular flexibility index (Phi) is 2.94. The maximum atomic E-state index is 11.7. The quantitative estimate of drug-likeness (QED) is 0.296. The van der Waals surface area contributed by atoms with Crippen LogP contribution in [0.1, 0.15) is 6.23 Å². The Hall–Kier alpha value is -2.01. The molecule has 0 saturated carbocycles. The van der Waals surface area contributed by atoms with Crippen molar-refractivity contribution in [2.75, 3.05) is 12.3 Å². The van der Waals surface area contributed by atoms with Gasteiger partial charge >= 0.3 is 0 Å². The molecule has 0 radical (unpaired) electrons. The summed E-state index contributed by atoms with van der Waals surface area (Å²) in [5.74, 6) is -0.101. The summed E-state index contributed by atoms with van der Waals surface area (Å²) in [6.07, 6.45) is -3.21. The number of nitrogens with one attached hydrogen (secondary N) is 1. The van der Waals surface area contributed by atoms with Crippen LogP contribution in [0.3, 0.4) is 0 Å². The smallest absolute Gasteiger partial charge is 0.280 e. The van der Waals surface area contributed by atoms with Crippen LogP contribution in [0.25, 0.3) is 11.2 Å². The summed E-state index contributed by atoms with van der Waals surface area (Å²) >= 11 is 0. The van der Waals surface area contributed by atoms with Crippen molar-refractivity contribution in [3.05, 3.63) is 16.7 Å². The highest BCUT2D eigenvalue weighted by molar-refractivity contribution is 5.70. The van der Waals surface area contributed by atoms with Crippen LogP contribution >= 0.6 is 0 Å². The molecule has 0 spiro atoms. The van der Waals surface area contributed by atoms with Gasteiger partial charge in [0.1, 0.15) is 18.3 Å². The first-order valence-electron chi connectivity index (χ1n) is 5.87. The van der Waals surface area contributed by atoms with Crippen LogP contribution in [0.4, 0.5) is 5.95 Å². The summed E-state index contributed by atoms with van der Waals surface area (Å²) in [4.78, 5) is 21.8. The van der Waals surface area contributed by atoms with Gasteiger partial charge in [-0.15, -0.1) is 0 Å². The first-order chi connectivity index (χ1) is 9.52. The minimum Gasteiger partial charge on any atom is -0.394 e. The molecule has 0 amide bonds. The van der Waals surface area contributed by atoms with E-state index in [-0.39, 0.29) is 17.1 Å². The summed E-state index contributed by atoms with van der Waals surface area (Å²) in [6, 6.07) is 0. The number of ether oxygens (including phenoxy) is 1. The van der Waals surface area contributed by atoms with Gasteiger partial charge in [0.05, 0.1) is 12.9 Å².